The number of H-pyrrole nitrogens is 1. The SMILES string of the molecule is CCN1CCN(CCc2ccc(Nc3nc(-c4cnn(C)c4)cc4cc[nH]c(=O)c34)cc2)CC1. The van der Waals surface area contributed by atoms with Gasteiger partial charge >= 0.3 is 0 Å². The van der Waals surface area contributed by atoms with Crippen LogP contribution in [0.5, 0.6) is 0 Å². The fourth-order valence-corrected chi connectivity index (χ4v) is 4.51. The quantitative estimate of drug-likeness (QED) is 0.443. The van der Waals surface area contributed by atoms with Gasteiger partial charge in [-0.3, -0.25) is 9.48 Å². The van der Waals surface area contributed by atoms with Crippen molar-refractivity contribution in [1.82, 2.24) is 29.5 Å². The average molecular weight is 458 g/mol. The van der Waals surface area contributed by atoms with E-state index in [1.165, 1.54) is 5.56 Å². The van der Waals surface area contributed by atoms with Crippen LogP contribution in [0.4, 0.5) is 11.5 Å². The summed E-state index contributed by atoms with van der Waals surface area (Å²) in [5.74, 6) is 0.541. The van der Waals surface area contributed by atoms with Crippen LogP contribution in [0.15, 0.2) is 59.8 Å². The monoisotopic (exact) mass is 457 g/mol. The van der Waals surface area contributed by atoms with Crippen molar-refractivity contribution in [2.75, 3.05) is 44.6 Å². The van der Waals surface area contributed by atoms with Gasteiger partial charge in [-0.2, -0.15) is 5.10 Å². The van der Waals surface area contributed by atoms with E-state index in [4.69, 9.17) is 4.98 Å². The van der Waals surface area contributed by atoms with Crippen molar-refractivity contribution in [2.45, 2.75) is 13.3 Å². The molecule has 0 bridgehead atoms. The van der Waals surface area contributed by atoms with Crippen LogP contribution in [0.1, 0.15) is 12.5 Å². The molecule has 4 heterocycles. The number of hydrogen-bond donors (Lipinski definition) is 2. The lowest BCUT2D eigenvalue weighted by Gasteiger charge is -2.34. The van der Waals surface area contributed by atoms with E-state index >= 15 is 0 Å². The Kier molecular flexibility index (Phi) is 6.42. The molecule has 3 aromatic heterocycles. The van der Waals surface area contributed by atoms with Crippen molar-refractivity contribution in [2.24, 2.45) is 7.05 Å². The molecular formula is C26H31N7O. The van der Waals surface area contributed by atoms with Gasteiger partial charge in [0.2, 0.25) is 0 Å². The van der Waals surface area contributed by atoms with Gasteiger partial charge in [0.25, 0.3) is 5.56 Å². The molecule has 34 heavy (non-hydrogen) atoms. The highest BCUT2D eigenvalue weighted by Crippen LogP contribution is 2.27. The second-order valence-corrected chi connectivity index (χ2v) is 8.88. The molecule has 0 spiro atoms. The molecule has 5 rings (SSSR count). The number of nitrogens with one attached hydrogen (secondary N) is 2. The first-order valence-corrected chi connectivity index (χ1v) is 11.9. The Balaban J connectivity index is 1.33. The number of fused-ring (bicyclic) bond motifs is 1. The number of pyridine rings is 2. The number of likely N-dealkylation sites (N-methyl/N-ethyl adjacent to an activating group) is 1. The van der Waals surface area contributed by atoms with E-state index < -0.39 is 0 Å². The smallest absolute Gasteiger partial charge is 0.259 e. The molecule has 1 fully saturated rings. The number of rotatable bonds is 7. The van der Waals surface area contributed by atoms with Crippen LogP contribution in [0.25, 0.3) is 22.0 Å². The predicted molar refractivity (Wildman–Crippen MR) is 137 cm³/mol. The predicted octanol–water partition coefficient (Wildman–Crippen LogP) is 3.25. The molecular weight excluding hydrogens is 426 g/mol. The summed E-state index contributed by atoms with van der Waals surface area (Å²) in [6, 6.07) is 12.3. The summed E-state index contributed by atoms with van der Waals surface area (Å²) in [6.45, 7) is 9.08. The Morgan fingerprint density at radius 3 is 2.53 bits per heavy atom. The Hall–Kier alpha value is -3.49. The third-order valence-electron chi connectivity index (χ3n) is 6.60. The molecule has 0 radical (unpaired) electrons. The zero-order valence-corrected chi connectivity index (χ0v) is 19.8. The summed E-state index contributed by atoms with van der Waals surface area (Å²) in [5, 5.41) is 9.01. The van der Waals surface area contributed by atoms with E-state index in [9.17, 15) is 4.79 Å². The largest absolute Gasteiger partial charge is 0.340 e. The minimum absolute atomic E-state index is 0.162. The van der Waals surface area contributed by atoms with Gasteiger partial charge < -0.3 is 20.1 Å². The molecule has 0 unspecified atom stereocenters. The lowest BCUT2D eigenvalue weighted by molar-refractivity contribution is 0.138. The Morgan fingerprint density at radius 1 is 1.06 bits per heavy atom. The van der Waals surface area contributed by atoms with Crippen LogP contribution >= 0.6 is 0 Å². The summed E-state index contributed by atoms with van der Waals surface area (Å²) < 4.78 is 1.74. The minimum Gasteiger partial charge on any atom is -0.340 e. The third-order valence-corrected chi connectivity index (χ3v) is 6.60. The maximum absolute atomic E-state index is 12.6. The first-order chi connectivity index (χ1) is 16.6. The number of benzene rings is 1. The molecule has 0 aliphatic carbocycles. The van der Waals surface area contributed by atoms with Gasteiger partial charge in [-0.25, -0.2) is 4.98 Å². The number of nitrogens with zero attached hydrogens (tertiary/aromatic N) is 5. The molecule has 176 valence electrons. The first-order valence-electron chi connectivity index (χ1n) is 11.9. The molecule has 0 saturated carbocycles. The second-order valence-electron chi connectivity index (χ2n) is 8.88. The second kappa shape index (κ2) is 9.79. The van der Waals surface area contributed by atoms with Gasteiger partial charge in [0.1, 0.15) is 5.82 Å². The standard InChI is InChI=1S/C26H31N7O/c1-3-32-12-14-33(15-13-32)11-9-19-4-6-22(7-5-19)29-25-24-20(8-10-27-26(24)34)16-23(30-25)21-17-28-31(2)18-21/h4-8,10,16-18H,3,9,11-15H2,1-2H3,(H,27,34)(H,29,30). The van der Waals surface area contributed by atoms with Crippen molar-refractivity contribution in [1.29, 1.82) is 0 Å². The van der Waals surface area contributed by atoms with Crippen molar-refractivity contribution >= 4 is 22.3 Å². The van der Waals surface area contributed by atoms with Crippen molar-refractivity contribution in [3.8, 4) is 11.3 Å². The van der Waals surface area contributed by atoms with Crippen LogP contribution in [0.3, 0.4) is 0 Å². The maximum Gasteiger partial charge on any atom is 0.259 e. The van der Waals surface area contributed by atoms with E-state index in [-0.39, 0.29) is 5.56 Å². The summed E-state index contributed by atoms with van der Waals surface area (Å²) in [6.07, 6.45) is 6.40. The first kappa shape index (κ1) is 22.3. The van der Waals surface area contributed by atoms with Gasteiger partial charge in [0.15, 0.2) is 0 Å². The summed E-state index contributed by atoms with van der Waals surface area (Å²) in [7, 11) is 1.88. The normalized spacial score (nSPS) is 15.1. The molecule has 4 aromatic rings. The van der Waals surface area contributed by atoms with E-state index in [2.05, 4.69) is 56.4 Å². The molecule has 2 N–H and O–H groups in total. The van der Waals surface area contributed by atoms with Gasteiger partial charge in [0, 0.05) is 63.4 Å². The Morgan fingerprint density at radius 2 is 1.82 bits per heavy atom. The Labute approximate surface area is 199 Å². The third kappa shape index (κ3) is 4.88. The van der Waals surface area contributed by atoms with Crippen LogP contribution in [0.2, 0.25) is 0 Å². The van der Waals surface area contributed by atoms with Gasteiger partial charge in [-0.1, -0.05) is 19.1 Å². The molecule has 1 aliphatic heterocycles. The number of aromatic amines is 1. The zero-order valence-electron chi connectivity index (χ0n) is 19.8. The highest BCUT2D eigenvalue weighted by molar-refractivity contribution is 5.95. The van der Waals surface area contributed by atoms with Crippen LogP contribution in [-0.4, -0.2) is 68.8 Å². The number of anilines is 2. The molecule has 1 aromatic carbocycles. The summed E-state index contributed by atoms with van der Waals surface area (Å²) >= 11 is 0. The van der Waals surface area contributed by atoms with Crippen molar-refractivity contribution < 1.29 is 0 Å². The van der Waals surface area contributed by atoms with Gasteiger partial charge in [-0.15, -0.1) is 0 Å². The highest BCUT2D eigenvalue weighted by atomic mass is 16.1. The topological polar surface area (TPSA) is 82.1 Å². The summed E-state index contributed by atoms with van der Waals surface area (Å²) in [4.78, 5) is 25.2. The molecule has 0 amide bonds. The van der Waals surface area contributed by atoms with E-state index in [0.29, 0.717) is 11.2 Å². The van der Waals surface area contributed by atoms with Crippen molar-refractivity contribution in [3.05, 3.63) is 70.9 Å². The Bertz CT molecular complexity index is 1320. The molecule has 0 atom stereocenters. The fourth-order valence-electron chi connectivity index (χ4n) is 4.51. The number of aromatic nitrogens is 4. The number of aryl methyl sites for hydroxylation is 1. The van der Waals surface area contributed by atoms with Gasteiger partial charge in [0.05, 0.1) is 17.3 Å². The molecule has 1 aliphatic rings. The number of hydrogen-bond acceptors (Lipinski definition) is 6. The molecule has 8 nitrogen and oxygen atoms in total. The fraction of sp³-hybridized carbons (Fsp3) is 0.346. The van der Waals surface area contributed by atoms with E-state index in [0.717, 1.165) is 68.0 Å². The summed E-state index contributed by atoms with van der Waals surface area (Å²) in [5.41, 5.74) is 3.73. The van der Waals surface area contributed by atoms with Crippen molar-refractivity contribution in [3.63, 3.8) is 0 Å². The molecule has 1 saturated heterocycles. The maximum atomic E-state index is 12.6. The number of piperazine rings is 1. The highest BCUT2D eigenvalue weighted by Gasteiger charge is 2.15. The van der Waals surface area contributed by atoms with E-state index in [1.54, 1.807) is 17.1 Å². The average Bonchev–Trinajstić information content (AvgIpc) is 3.30. The lowest BCUT2D eigenvalue weighted by atomic mass is 10.1. The lowest BCUT2D eigenvalue weighted by Crippen LogP contribution is -2.46. The van der Waals surface area contributed by atoms with Crippen LogP contribution in [-0.2, 0) is 13.5 Å². The van der Waals surface area contributed by atoms with Gasteiger partial charge in [-0.05, 0) is 48.2 Å². The van der Waals surface area contributed by atoms with Crippen LogP contribution in [0, 0.1) is 0 Å². The van der Waals surface area contributed by atoms with Crippen LogP contribution < -0.4 is 10.9 Å². The molecule has 8 heteroatoms. The minimum atomic E-state index is -0.162. The van der Waals surface area contributed by atoms with E-state index in [1.807, 2.05) is 25.4 Å². The zero-order chi connectivity index (χ0) is 23.5.